The van der Waals surface area contributed by atoms with E-state index in [2.05, 4.69) is 10.6 Å². The summed E-state index contributed by atoms with van der Waals surface area (Å²) in [6.07, 6.45) is 5.47. The van der Waals surface area contributed by atoms with Crippen molar-refractivity contribution in [3.8, 4) is 0 Å². The van der Waals surface area contributed by atoms with Crippen molar-refractivity contribution in [1.29, 1.82) is 0 Å². The number of ether oxygens (including phenoxy) is 2. The number of carbonyl (C=O) groups excluding carboxylic acids is 3. The molecule has 7 nitrogen and oxygen atoms in total. The average molecular weight is 390 g/mol. The van der Waals surface area contributed by atoms with E-state index in [9.17, 15) is 14.4 Å². The second-order valence-corrected chi connectivity index (χ2v) is 7.02. The van der Waals surface area contributed by atoms with Gasteiger partial charge in [-0.25, -0.2) is 4.79 Å². The maximum atomic E-state index is 12.5. The van der Waals surface area contributed by atoms with Crippen LogP contribution in [0.25, 0.3) is 0 Å². The molecule has 1 saturated carbocycles. The molecule has 1 aliphatic rings. The van der Waals surface area contributed by atoms with Crippen molar-refractivity contribution in [2.24, 2.45) is 5.92 Å². The molecule has 2 rings (SSSR count). The van der Waals surface area contributed by atoms with Gasteiger partial charge in [0.05, 0.1) is 6.61 Å². The van der Waals surface area contributed by atoms with Crippen molar-refractivity contribution in [2.45, 2.75) is 58.1 Å². The van der Waals surface area contributed by atoms with Gasteiger partial charge >= 0.3 is 12.1 Å². The monoisotopic (exact) mass is 390 g/mol. The fraction of sp³-hybridized carbons (Fsp3) is 0.571. The number of rotatable bonds is 9. The first-order chi connectivity index (χ1) is 13.6. The van der Waals surface area contributed by atoms with Gasteiger partial charge in [-0.15, -0.1) is 0 Å². The third-order valence-electron chi connectivity index (χ3n) is 4.83. The van der Waals surface area contributed by atoms with E-state index in [1.165, 1.54) is 6.42 Å². The lowest BCUT2D eigenvalue weighted by Gasteiger charge is -2.26. The smallest absolute Gasteiger partial charge is 0.408 e. The molecule has 154 valence electrons. The number of esters is 1. The van der Waals surface area contributed by atoms with Crippen molar-refractivity contribution in [3.63, 3.8) is 0 Å². The molecule has 0 aromatic heterocycles. The van der Waals surface area contributed by atoms with Crippen LogP contribution < -0.4 is 10.6 Å². The maximum absolute atomic E-state index is 12.5. The number of nitrogens with one attached hydrogen (secondary N) is 2. The number of amides is 2. The van der Waals surface area contributed by atoms with E-state index in [4.69, 9.17) is 9.47 Å². The van der Waals surface area contributed by atoms with Gasteiger partial charge in [-0.05, 0) is 24.8 Å². The van der Waals surface area contributed by atoms with Gasteiger partial charge in [0.15, 0.2) is 0 Å². The Labute approximate surface area is 166 Å². The summed E-state index contributed by atoms with van der Waals surface area (Å²) in [5.74, 6) is -0.518. The molecule has 0 aliphatic heterocycles. The summed E-state index contributed by atoms with van der Waals surface area (Å²) in [7, 11) is 0. The van der Waals surface area contributed by atoms with Crippen molar-refractivity contribution < 1.29 is 23.9 Å². The molecule has 0 spiro atoms. The minimum Gasteiger partial charge on any atom is -0.465 e. The van der Waals surface area contributed by atoms with Gasteiger partial charge in [0.25, 0.3) is 0 Å². The summed E-state index contributed by atoms with van der Waals surface area (Å²) in [6.45, 7) is 1.88. The minimum atomic E-state index is -0.735. The summed E-state index contributed by atoms with van der Waals surface area (Å²) in [5, 5.41) is 5.22. The number of benzene rings is 1. The molecule has 0 radical (unpaired) electrons. The second-order valence-electron chi connectivity index (χ2n) is 7.02. The Morgan fingerprint density at radius 1 is 1.07 bits per heavy atom. The van der Waals surface area contributed by atoms with Crippen LogP contribution in [-0.2, 0) is 25.7 Å². The molecule has 28 heavy (non-hydrogen) atoms. The van der Waals surface area contributed by atoms with Crippen LogP contribution in [0.15, 0.2) is 30.3 Å². The van der Waals surface area contributed by atoms with Gasteiger partial charge in [-0.3, -0.25) is 9.59 Å². The standard InChI is InChI=1S/C21H30N2O5/c1-2-27-19(24)14-22-20(25)18(13-16-9-5-3-6-10-16)23-21(26)28-15-17-11-7-4-8-12-17/h4,7-8,11-12,16,18H,2-3,5-6,9-10,13-15H2,1H3,(H,22,25)(H,23,26)/t18-/m0/s1. The zero-order valence-corrected chi connectivity index (χ0v) is 16.4. The molecule has 0 bridgehead atoms. The molecule has 0 unspecified atom stereocenters. The van der Waals surface area contributed by atoms with E-state index in [-0.39, 0.29) is 19.8 Å². The highest BCUT2D eigenvalue weighted by atomic mass is 16.5. The molecule has 1 atom stereocenters. The normalized spacial score (nSPS) is 15.3. The zero-order valence-electron chi connectivity index (χ0n) is 16.4. The molecule has 7 heteroatoms. The second kappa shape index (κ2) is 12.0. The van der Waals surface area contributed by atoms with Crippen molar-refractivity contribution in [1.82, 2.24) is 10.6 Å². The van der Waals surface area contributed by atoms with E-state index < -0.39 is 24.0 Å². The van der Waals surface area contributed by atoms with Crippen LogP contribution in [0, 0.1) is 5.92 Å². The maximum Gasteiger partial charge on any atom is 0.408 e. The van der Waals surface area contributed by atoms with Gasteiger partial charge in [0.1, 0.15) is 19.2 Å². The molecular weight excluding hydrogens is 360 g/mol. The SMILES string of the molecule is CCOC(=O)CNC(=O)[C@H](CC1CCCCC1)NC(=O)OCc1ccccc1. The predicted octanol–water partition coefficient (Wildman–Crippen LogP) is 2.93. The summed E-state index contributed by atoms with van der Waals surface area (Å²) >= 11 is 0. The van der Waals surface area contributed by atoms with Crippen molar-refractivity contribution >= 4 is 18.0 Å². The van der Waals surface area contributed by atoms with Crippen LogP contribution in [0.1, 0.15) is 51.0 Å². The van der Waals surface area contributed by atoms with Crippen LogP contribution in [-0.4, -0.2) is 37.2 Å². The molecule has 1 aliphatic carbocycles. The minimum absolute atomic E-state index is 0.132. The van der Waals surface area contributed by atoms with Crippen LogP contribution >= 0.6 is 0 Å². The molecule has 0 heterocycles. The largest absolute Gasteiger partial charge is 0.465 e. The summed E-state index contributed by atoms with van der Waals surface area (Å²) < 4.78 is 10.1. The average Bonchev–Trinajstić information content (AvgIpc) is 2.72. The zero-order chi connectivity index (χ0) is 20.2. The van der Waals surface area contributed by atoms with Crippen molar-refractivity contribution in [3.05, 3.63) is 35.9 Å². The van der Waals surface area contributed by atoms with E-state index in [1.54, 1.807) is 6.92 Å². The Bertz CT molecular complexity index is 629. The van der Waals surface area contributed by atoms with Crippen LogP contribution in [0.3, 0.4) is 0 Å². The number of alkyl carbamates (subject to hydrolysis) is 1. The first-order valence-electron chi connectivity index (χ1n) is 9.99. The first-order valence-corrected chi connectivity index (χ1v) is 9.99. The molecule has 1 aromatic rings. The third kappa shape index (κ3) is 7.98. The Morgan fingerprint density at radius 2 is 1.79 bits per heavy atom. The van der Waals surface area contributed by atoms with Crippen LogP contribution in [0.4, 0.5) is 4.79 Å². The van der Waals surface area contributed by atoms with E-state index >= 15 is 0 Å². The third-order valence-corrected chi connectivity index (χ3v) is 4.83. The quantitative estimate of drug-likeness (QED) is 0.632. The molecule has 1 fully saturated rings. The Morgan fingerprint density at radius 3 is 2.46 bits per heavy atom. The molecule has 2 N–H and O–H groups in total. The topological polar surface area (TPSA) is 93.7 Å². The summed E-state index contributed by atoms with van der Waals surface area (Å²) in [5.41, 5.74) is 0.869. The van der Waals surface area contributed by atoms with Gasteiger partial charge < -0.3 is 20.1 Å². The van der Waals surface area contributed by atoms with Gasteiger partial charge in [-0.2, -0.15) is 0 Å². The van der Waals surface area contributed by atoms with E-state index in [0.717, 1.165) is 31.2 Å². The molecule has 1 aromatic carbocycles. The lowest BCUT2D eigenvalue weighted by molar-refractivity contribution is -0.143. The van der Waals surface area contributed by atoms with Crippen LogP contribution in [0.5, 0.6) is 0 Å². The lowest BCUT2D eigenvalue weighted by Crippen LogP contribution is -2.49. The van der Waals surface area contributed by atoms with Crippen LogP contribution in [0.2, 0.25) is 0 Å². The van der Waals surface area contributed by atoms with Gasteiger partial charge in [0.2, 0.25) is 5.91 Å². The van der Waals surface area contributed by atoms with Crippen molar-refractivity contribution in [2.75, 3.05) is 13.2 Å². The van der Waals surface area contributed by atoms with E-state index in [1.807, 2.05) is 30.3 Å². The Balaban J connectivity index is 1.89. The summed E-state index contributed by atoms with van der Waals surface area (Å²) in [4.78, 5) is 36.2. The van der Waals surface area contributed by atoms with Gasteiger partial charge in [0, 0.05) is 0 Å². The number of hydrogen-bond acceptors (Lipinski definition) is 5. The molecule has 0 saturated heterocycles. The highest BCUT2D eigenvalue weighted by molar-refractivity contribution is 5.88. The molecule has 2 amide bonds. The first kappa shape index (κ1) is 21.7. The molecular formula is C21H30N2O5. The highest BCUT2D eigenvalue weighted by Gasteiger charge is 2.26. The Hall–Kier alpha value is -2.57. The fourth-order valence-electron chi connectivity index (χ4n) is 3.39. The summed E-state index contributed by atoms with van der Waals surface area (Å²) in [6, 6.07) is 8.60. The lowest BCUT2D eigenvalue weighted by atomic mass is 9.84. The number of hydrogen-bond donors (Lipinski definition) is 2. The fourth-order valence-corrected chi connectivity index (χ4v) is 3.39. The predicted molar refractivity (Wildman–Crippen MR) is 104 cm³/mol. The van der Waals surface area contributed by atoms with Gasteiger partial charge in [-0.1, -0.05) is 62.4 Å². The Kier molecular flexibility index (Phi) is 9.31. The van der Waals surface area contributed by atoms with E-state index in [0.29, 0.717) is 12.3 Å². The highest BCUT2D eigenvalue weighted by Crippen LogP contribution is 2.27. The number of carbonyl (C=O) groups is 3.